The molecule has 0 saturated carbocycles. The predicted molar refractivity (Wildman–Crippen MR) is 196 cm³/mol. The molecule has 13 nitrogen and oxygen atoms in total. The molecule has 0 aromatic rings. The van der Waals surface area contributed by atoms with Crippen molar-refractivity contribution < 1.29 is 57.0 Å². The van der Waals surface area contributed by atoms with Gasteiger partial charge in [-0.05, 0) is 38.5 Å². The molecular formula is C37H71NO12S. The summed E-state index contributed by atoms with van der Waals surface area (Å²) in [5.74, 6) is -0.686. The van der Waals surface area contributed by atoms with Crippen LogP contribution in [0.4, 0.5) is 0 Å². The molecule has 1 amide bonds. The molecule has 1 fully saturated rings. The summed E-state index contributed by atoms with van der Waals surface area (Å²) in [5.41, 5.74) is 0. The maximum Gasteiger partial charge on any atom is 0.397 e. The van der Waals surface area contributed by atoms with Crippen molar-refractivity contribution in [2.45, 2.75) is 204 Å². The number of hydrogen-bond donors (Lipinski definition) is 7. The normalized spacial score (nSPS) is 23.0. The van der Waals surface area contributed by atoms with Crippen LogP contribution in [0.15, 0.2) is 12.2 Å². The molecule has 0 bridgehead atoms. The zero-order chi connectivity index (χ0) is 37.9. The van der Waals surface area contributed by atoms with Crippen molar-refractivity contribution in [3.05, 3.63) is 12.2 Å². The maximum atomic E-state index is 12.9. The molecule has 0 aliphatic carbocycles. The smallest absolute Gasteiger partial charge is 0.394 e. The minimum Gasteiger partial charge on any atom is -0.394 e. The van der Waals surface area contributed by atoms with Crippen molar-refractivity contribution in [3.8, 4) is 0 Å². The highest BCUT2D eigenvalue weighted by molar-refractivity contribution is 7.80. The summed E-state index contributed by atoms with van der Waals surface area (Å²) in [6, 6.07) is -1.03. The molecule has 1 rings (SSSR count). The summed E-state index contributed by atoms with van der Waals surface area (Å²) in [6.07, 6.45) is 16.8. The SMILES string of the molecule is CCCCCCCCCCC/C=C\CCCCCCCCC(O)C(=O)NC(COC1OC(CO)C(O)C(OS(=O)(=O)O)C1O)C(O)CCCCC. The number of aliphatic hydroxyl groups is 5. The maximum absolute atomic E-state index is 12.9. The van der Waals surface area contributed by atoms with E-state index < -0.39 is 78.5 Å². The zero-order valence-corrected chi connectivity index (χ0v) is 32.1. The average molecular weight is 754 g/mol. The van der Waals surface area contributed by atoms with Crippen LogP contribution in [0.25, 0.3) is 0 Å². The highest BCUT2D eigenvalue weighted by atomic mass is 32.3. The number of carbonyl (C=O) groups is 1. The Morgan fingerprint density at radius 1 is 0.765 bits per heavy atom. The molecule has 1 aliphatic heterocycles. The summed E-state index contributed by atoms with van der Waals surface area (Å²) < 4.78 is 46.9. The molecular weight excluding hydrogens is 682 g/mol. The monoisotopic (exact) mass is 753 g/mol. The van der Waals surface area contributed by atoms with E-state index in [1.807, 2.05) is 6.92 Å². The van der Waals surface area contributed by atoms with Crippen LogP contribution in [0.5, 0.6) is 0 Å². The van der Waals surface area contributed by atoms with Crippen LogP contribution < -0.4 is 5.32 Å². The first-order valence-corrected chi connectivity index (χ1v) is 21.0. The third-order valence-electron chi connectivity index (χ3n) is 9.43. The van der Waals surface area contributed by atoms with Crippen molar-refractivity contribution >= 4 is 16.3 Å². The van der Waals surface area contributed by atoms with Crippen LogP contribution in [-0.2, 0) is 28.9 Å². The Kier molecular flexibility index (Phi) is 27.4. The molecule has 1 heterocycles. The number of rotatable bonds is 32. The van der Waals surface area contributed by atoms with Gasteiger partial charge in [0.2, 0.25) is 5.91 Å². The molecule has 1 saturated heterocycles. The van der Waals surface area contributed by atoms with Crippen LogP contribution in [0.1, 0.15) is 155 Å². The van der Waals surface area contributed by atoms with Gasteiger partial charge in [-0.25, -0.2) is 4.18 Å². The van der Waals surface area contributed by atoms with Crippen molar-refractivity contribution in [2.75, 3.05) is 13.2 Å². The Morgan fingerprint density at radius 3 is 1.78 bits per heavy atom. The summed E-state index contributed by atoms with van der Waals surface area (Å²) in [7, 11) is -5.09. The summed E-state index contributed by atoms with van der Waals surface area (Å²) in [6.45, 7) is 3.04. The van der Waals surface area contributed by atoms with Crippen molar-refractivity contribution in [1.82, 2.24) is 5.32 Å². The average Bonchev–Trinajstić information content (AvgIpc) is 3.09. The second kappa shape index (κ2) is 29.2. The van der Waals surface area contributed by atoms with Gasteiger partial charge < -0.3 is 40.3 Å². The Balaban J connectivity index is 2.39. The molecule has 302 valence electrons. The van der Waals surface area contributed by atoms with Crippen molar-refractivity contribution in [1.29, 1.82) is 0 Å². The quantitative estimate of drug-likeness (QED) is 0.0274. The molecule has 0 spiro atoms. The molecule has 0 aromatic carbocycles. The molecule has 51 heavy (non-hydrogen) atoms. The van der Waals surface area contributed by atoms with E-state index in [0.29, 0.717) is 19.3 Å². The fraction of sp³-hybridized carbons (Fsp3) is 0.919. The fourth-order valence-corrected chi connectivity index (χ4v) is 6.73. The van der Waals surface area contributed by atoms with Crippen LogP contribution in [-0.4, -0.2) is 107 Å². The number of ether oxygens (including phenoxy) is 2. The van der Waals surface area contributed by atoms with E-state index in [0.717, 1.165) is 51.4 Å². The van der Waals surface area contributed by atoms with E-state index in [4.69, 9.17) is 14.0 Å². The molecule has 8 unspecified atom stereocenters. The van der Waals surface area contributed by atoms with Crippen molar-refractivity contribution in [2.24, 2.45) is 0 Å². The Hall–Kier alpha value is -1.20. The Bertz CT molecular complexity index is 1000. The topological polar surface area (TPSA) is 212 Å². The second-order valence-electron chi connectivity index (χ2n) is 14.0. The largest absolute Gasteiger partial charge is 0.397 e. The van der Waals surface area contributed by atoms with E-state index in [-0.39, 0.29) is 6.42 Å². The third kappa shape index (κ3) is 22.6. The zero-order valence-electron chi connectivity index (χ0n) is 31.3. The molecule has 7 N–H and O–H groups in total. The highest BCUT2D eigenvalue weighted by Crippen LogP contribution is 2.26. The van der Waals surface area contributed by atoms with Gasteiger partial charge in [-0.3, -0.25) is 9.35 Å². The van der Waals surface area contributed by atoms with Gasteiger partial charge >= 0.3 is 10.4 Å². The lowest BCUT2D eigenvalue weighted by molar-refractivity contribution is -0.298. The van der Waals surface area contributed by atoms with Crippen LogP contribution in [0, 0.1) is 0 Å². The number of amides is 1. The van der Waals surface area contributed by atoms with Gasteiger partial charge in [0.1, 0.15) is 30.5 Å². The highest BCUT2D eigenvalue weighted by Gasteiger charge is 2.48. The van der Waals surface area contributed by atoms with Gasteiger partial charge in [-0.15, -0.1) is 0 Å². The lowest BCUT2D eigenvalue weighted by Gasteiger charge is -2.41. The van der Waals surface area contributed by atoms with E-state index in [2.05, 4.69) is 28.6 Å². The first-order valence-electron chi connectivity index (χ1n) is 19.7. The summed E-state index contributed by atoms with van der Waals surface area (Å²) >= 11 is 0. The number of nitrogens with one attached hydrogen (secondary N) is 1. The van der Waals surface area contributed by atoms with Gasteiger partial charge in [0.15, 0.2) is 6.29 Å². The number of unbranched alkanes of at least 4 members (excludes halogenated alkanes) is 17. The van der Waals surface area contributed by atoms with E-state index >= 15 is 0 Å². The third-order valence-corrected chi connectivity index (χ3v) is 9.90. The van der Waals surface area contributed by atoms with Crippen molar-refractivity contribution in [3.63, 3.8) is 0 Å². The summed E-state index contributed by atoms with van der Waals surface area (Å²) in [4.78, 5) is 12.9. The van der Waals surface area contributed by atoms with Gasteiger partial charge in [-0.2, -0.15) is 8.42 Å². The molecule has 0 radical (unpaired) electrons. The molecule has 0 aromatic heterocycles. The van der Waals surface area contributed by atoms with Gasteiger partial charge in [0, 0.05) is 0 Å². The molecule has 1 aliphatic rings. The van der Waals surface area contributed by atoms with E-state index in [1.165, 1.54) is 64.2 Å². The first kappa shape index (κ1) is 47.8. The van der Waals surface area contributed by atoms with Gasteiger partial charge in [0.05, 0.1) is 25.4 Å². The lowest BCUT2D eigenvalue weighted by Crippen LogP contribution is -2.61. The number of allylic oxidation sites excluding steroid dienone is 2. The first-order chi connectivity index (χ1) is 24.4. The van der Waals surface area contributed by atoms with Crippen LogP contribution in [0.2, 0.25) is 0 Å². The second-order valence-corrected chi connectivity index (χ2v) is 15.1. The number of hydrogen-bond acceptors (Lipinski definition) is 11. The van der Waals surface area contributed by atoms with E-state index in [1.54, 1.807) is 0 Å². The molecule has 8 atom stereocenters. The Morgan fingerprint density at radius 2 is 1.25 bits per heavy atom. The lowest BCUT2D eigenvalue weighted by atomic mass is 9.99. The summed E-state index contributed by atoms with van der Waals surface area (Å²) in [5, 5.41) is 54.4. The number of carbonyl (C=O) groups excluding carboxylic acids is 1. The Labute approximate surface area is 307 Å². The van der Waals surface area contributed by atoms with Crippen LogP contribution >= 0.6 is 0 Å². The predicted octanol–water partition coefficient (Wildman–Crippen LogP) is 5.01. The standard InChI is InChI=1S/C37H71NO12S/c1-3-5-7-8-9-10-11-12-13-14-15-16-17-18-19-20-21-22-24-26-31(41)36(44)38-29(30(40)25-23-6-4-2)28-48-37-34(43)35(50-51(45,46)47)33(42)32(27-39)49-37/h15-16,29-35,37,39-43H,3-14,17-28H2,1-2H3,(H,38,44)(H,45,46,47)/b16-15-. The molecule has 14 heteroatoms. The fourth-order valence-electron chi connectivity index (χ4n) is 6.22. The minimum absolute atomic E-state index is 0.252. The minimum atomic E-state index is -5.09. The van der Waals surface area contributed by atoms with Crippen LogP contribution in [0.3, 0.4) is 0 Å². The number of aliphatic hydroxyl groups excluding tert-OH is 5. The van der Waals surface area contributed by atoms with Gasteiger partial charge in [-0.1, -0.05) is 129 Å². The van der Waals surface area contributed by atoms with Gasteiger partial charge in [0.25, 0.3) is 0 Å². The van der Waals surface area contributed by atoms with E-state index in [9.17, 15) is 38.7 Å².